The summed E-state index contributed by atoms with van der Waals surface area (Å²) in [6, 6.07) is 2.44. The monoisotopic (exact) mass is 272 g/mol. The third kappa shape index (κ3) is 3.54. The van der Waals surface area contributed by atoms with Crippen molar-refractivity contribution in [1.82, 2.24) is 4.98 Å². The molecule has 98 valence electrons. The first-order valence-electron chi connectivity index (χ1n) is 5.71. The molecule has 1 aliphatic heterocycles. The quantitative estimate of drug-likeness (QED) is 0.478. The first-order valence-corrected chi connectivity index (χ1v) is 6.09. The number of rotatable bonds is 4. The molecule has 1 aliphatic rings. The van der Waals surface area contributed by atoms with Crippen LogP contribution in [0.5, 0.6) is 5.88 Å². The fourth-order valence-corrected chi connectivity index (χ4v) is 1.95. The second kappa shape index (κ2) is 5.97. The highest BCUT2D eigenvalue weighted by Gasteiger charge is 2.16. The van der Waals surface area contributed by atoms with Crippen LogP contribution in [0, 0.1) is 10.1 Å². The van der Waals surface area contributed by atoms with Crippen molar-refractivity contribution in [2.45, 2.75) is 25.4 Å². The van der Waals surface area contributed by atoms with Gasteiger partial charge in [0.2, 0.25) is 5.88 Å². The van der Waals surface area contributed by atoms with E-state index in [9.17, 15) is 10.1 Å². The standard InChI is InChI=1S/C11H13ClN2O4/c12-10-5-8(14(15)16)6-11(13-10)18-7-9-3-1-2-4-17-9/h5-6,9H,1-4,7H2. The molecule has 0 spiro atoms. The highest BCUT2D eigenvalue weighted by Crippen LogP contribution is 2.22. The summed E-state index contributed by atoms with van der Waals surface area (Å²) in [7, 11) is 0. The molecule has 1 unspecified atom stereocenters. The molecule has 1 fully saturated rings. The fraction of sp³-hybridized carbons (Fsp3) is 0.545. The lowest BCUT2D eigenvalue weighted by Crippen LogP contribution is -2.26. The Bertz CT molecular complexity index is 435. The zero-order valence-electron chi connectivity index (χ0n) is 9.67. The number of nitrogens with zero attached hydrogens (tertiary/aromatic N) is 2. The molecule has 2 rings (SSSR count). The molecule has 0 aromatic carbocycles. The van der Waals surface area contributed by atoms with Crippen LogP contribution in [0.25, 0.3) is 0 Å². The number of hydrogen-bond acceptors (Lipinski definition) is 5. The molecule has 0 amide bonds. The Morgan fingerprint density at radius 3 is 3.06 bits per heavy atom. The molecule has 1 aromatic rings. The maximum absolute atomic E-state index is 10.7. The number of pyridine rings is 1. The van der Waals surface area contributed by atoms with Gasteiger partial charge in [-0.2, -0.15) is 0 Å². The zero-order chi connectivity index (χ0) is 13.0. The predicted molar refractivity (Wildman–Crippen MR) is 65.0 cm³/mol. The normalized spacial score (nSPS) is 19.5. The van der Waals surface area contributed by atoms with Gasteiger partial charge in [0, 0.05) is 6.61 Å². The van der Waals surface area contributed by atoms with Gasteiger partial charge in [-0.1, -0.05) is 11.6 Å². The molecular weight excluding hydrogens is 260 g/mol. The number of aromatic nitrogens is 1. The van der Waals surface area contributed by atoms with Gasteiger partial charge in [-0.15, -0.1) is 0 Å². The van der Waals surface area contributed by atoms with Crippen LogP contribution < -0.4 is 4.74 Å². The molecule has 0 aliphatic carbocycles. The van der Waals surface area contributed by atoms with E-state index in [0.717, 1.165) is 25.9 Å². The third-order valence-corrected chi connectivity index (χ3v) is 2.85. The van der Waals surface area contributed by atoms with Crippen LogP contribution in [0.4, 0.5) is 5.69 Å². The van der Waals surface area contributed by atoms with Gasteiger partial charge in [-0.05, 0) is 19.3 Å². The summed E-state index contributed by atoms with van der Waals surface area (Å²) in [5, 5.41) is 10.7. The molecule has 0 N–H and O–H groups in total. The van der Waals surface area contributed by atoms with E-state index < -0.39 is 4.92 Å². The van der Waals surface area contributed by atoms with E-state index in [0.29, 0.717) is 6.61 Å². The SMILES string of the molecule is O=[N+]([O-])c1cc(Cl)nc(OCC2CCCCO2)c1. The van der Waals surface area contributed by atoms with Crippen molar-refractivity contribution in [2.75, 3.05) is 13.2 Å². The van der Waals surface area contributed by atoms with Gasteiger partial charge in [0.05, 0.1) is 23.2 Å². The van der Waals surface area contributed by atoms with Crippen LogP contribution in [-0.4, -0.2) is 29.2 Å². The molecule has 6 nitrogen and oxygen atoms in total. The minimum absolute atomic E-state index is 0.0265. The van der Waals surface area contributed by atoms with Crippen LogP contribution in [0.15, 0.2) is 12.1 Å². The first kappa shape index (κ1) is 13.0. The molecule has 2 heterocycles. The predicted octanol–water partition coefficient (Wildman–Crippen LogP) is 2.59. The van der Waals surface area contributed by atoms with Gasteiger partial charge < -0.3 is 9.47 Å². The molecule has 0 radical (unpaired) electrons. The minimum atomic E-state index is -0.530. The molecule has 1 aromatic heterocycles. The number of ether oxygens (including phenoxy) is 2. The molecule has 1 atom stereocenters. The highest BCUT2D eigenvalue weighted by atomic mass is 35.5. The van der Waals surface area contributed by atoms with E-state index in [1.807, 2.05) is 0 Å². The molecule has 1 saturated heterocycles. The van der Waals surface area contributed by atoms with E-state index in [-0.39, 0.29) is 22.8 Å². The van der Waals surface area contributed by atoms with Gasteiger partial charge in [-0.3, -0.25) is 10.1 Å². The van der Waals surface area contributed by atoms with E-state index >= 15 is 0 Å². The maximum atomic E-state index is 10.7. The van der Waals surface area contributed by atoms with Crippen LogP contribution in [0.3, 0.4) is 0 Å². The minimum Gasteiger partial charge on any atom is -0.475 e. The summed E-state index contributed by atoms with van der Waals surface area (Å²) in [5.41, 5.74) is -0.130. The Kier molecular flexibility index (Phi) is 4.33. The fourth-order valence-electron chi connectivity index (χ4n) is 1.76. The van der Waals surface area contributed by atoms with Gasteiger partial charge >= 0.3 is 0 Å². The van der Waals surface area contributed by atoms with Crippen LogP contribution >= 0.6 is 11.6 Å². The Balaban J connectivity index is 1.97. The average Bonchev–Trinajstić information content (AvgIpc) is 2.37. The summed E-state index contributed by atoms with van der Waals surface area (Å²) in [6.45, 7) is 1.07. The zero-order valence-corrected chi connectivity index (χ0v) is 10.4. The average molecular weight is 273 g/mol. The van der Waals surface area contributed by atoms with E-state index in [1.165, 1.54) is 12.1 Å². The second-order valence-electron chi connectivity index (χ2n) is 4.04. The summed E-state index contributed by atoms with van der Waals surface area (Å²) in [4.78, 5) is 14.0. The lowest BCUT2D eigenvalue weighted by Gasteiger charge is -2.22. The van der Waals surface area contributed by atoms with Crippen molar-refractivity contribution < 1.29 is 14.4 Å². The Morgan fingerprint density at radius 2 is 2.39 bits per heavy atom. The van der Waals surface area contributed by atoms with Crippen LogP contribution in [-0.2, 0) is 4.74 Å². The Hall–Kier alpha value is -1.40. The molecule has 7 heteroatoms. The summed E-state index contributed by atoms with van der Waals surface area (Å²) >= 11 is 5.69. The highest BCUT2D eigenvalue weighted by molar-refractivity contribution is 6.29. The van der Waals surface area contributed by atoms with Crippen LogP contribution in [0.1, 0.15) is 19.3 Å². The van der Waals surface area contributed by atoms with Crippen molar-refractivity contribution in [3.05, 3.63) is 27.4 Å². The summed E-state index contributed by atoms with van der Waals surface area (Å²) in [5.74, 6) is 0.156. The lowest BCUT2D eigenvalue weighted by atomic mass is 10.1. The summed E-state index contributed by atoms with van der Waals surface area (Å²) in [6.07, 6.45) is 3.13. The van der Waals surface area contributed by atoms with Crippen molar-refractivity contribution >= 4 is 17.3 Å². The van der Waals surface area contributed by atoms with Gasteiger partial charge in [0.25, 0.3) is 5.69 Å². The van der Waals surface area contributed by atoms with E-state index in [4.69, 9.17) is 21.1 Å². The van der Waals surface area contributed by atoms with E-state index in [2.05, 4.69) is 4.98 Å². The smallest absolute Gasteiger partial charge is 0.277 e. The first-order chi connectivity index (χ1) is 8.65. The Morgan fingerprint density at radius 1 is 1.56 bits per heavy atom. The summed E-state index contributed by atoms with van der Waals surface area (Å²) < 4.78 is 10.9. The Labute approximate surface area is 109 Å². The van der Waals surface area contributed by atoms with E-state index in [1.54, 1.807) is 0 Å². The van der Waals surface area contributed by atoms with Crippen molar-refractivity contribution in [3.63, 3.8) is 0 Å². The molecular formula is C11H13ClN2O4. The van der Waals surface area contributed by atoms with Crippen molar-refractivity contribution in [1.29, 1.82) is 0 Å². The molecule has 0 saturated carbocycles. The van der Waals surface area contributed by atoms with Gasteiger partial charge in [0.15, 0.2) is 0 Å². The van der Waals surface area contributed by atoms with Gasteiger partial charge in [-0.25, -0.2) is 4.98 Å². The molecule has 0 bridgehead atoms. The topological polar surface area (TPSA) is 74.5 Å². The van der Waals surface area contributed by atoms with Crippen LogP contribution in [0.2, 0.25) is 5.15 Å². The van der Waals surface area contributed by atoms with Crippen molar-refractivity contribution in [3.8, 4) is 5.88 Å². The largest absolute Gasteiger partial charge is 0.475 e. The number of nitro groups is 1. The number of halogens is 1. The van der Waals surface area contributed by atoms with Gasteiger partial charge in [0.1, 0.15) is 11.8 Å². The lowest BCUT2D eigenvalue weighted by molar-refractivity contribution is -0.385. The van der Waals surface area contributed by atoms with Crippen molar-refractivity contribution in [2.24, 2.45) is 0 Å². The second-order valence-corrected chi connectivity index (χ2v) is 4.43. The number of hydrogen-bond donors (Lipinski definition) is 0. The third-order valence-electron chi connectivity index (χ3n) is 2.66. The maximum Gasteiger partial charge on any atom is 0.277 e. The molecule has 18 heavy (non-hydrogen) atoms.